The van der Waals surface area contributed by atoms with Gasteiger partial charge in [0.25, 0.3) is 0 Å². The fourth-order valence-electron chi connectivity index (χ4n) is 2.36. The fourth-order valence-corrected chi connectivity index (χ4v) is 2.36. The van der Waals surface area contributed by atoms with E-state index in [2.05, 4.69) is 11.4 Å². The van der Waals surface area contributed by atoms with Crippen LogP contribution in [0.3, 0.4) is 0 Å². The van der Waals surface area contributed by atoms with Crippen LogP contribution in [0.1, 0.15) is 12.5 Å². The number of nitrogens with one attached hydrogen (secondary N) is 1. The number of hydrogen-bond donors (Lipinski definition) is 1. The van der Waals surface area contributed by atoms with Gasteiger partial charge in [-0.1, -0.05) is 30.3 Å². The third-order valence-corrected chi connectivity index (χ3v) is 3.53. The summed E-state index contributed by atoms with van der Waals surface area (Å²) in [4.78, 5) is 12.5. The molecule has 0 bridgehead atoms. The molecule has 1 atom stereocenters. The fraction of sp³-hybridized carbons (Fsp3) is 0.263. The quantitative estimate of drug-likeness (QED) is 0.847. The SMILES string of the molecule is CCOc1ccccc1NC(=O)[C@H](C#N)Cc1ccccc1OC. The first kappa shape index (κ1) is 17.4. The Hall–Kier alpha value is -3.00. The van der Waals surface area contributed by atoms with E-state index in [1.54, 1.807) is 25.3 Å². The average molecular weight is 324 g/mol. The molecular formula is C19H20N2O3. The molecule has 0 saturated heterocycles. The average Bonchev–Trinajstić information content (AvgIpc) is 2.61. The Labute approximate surface area is 141 Å². The predicted octanol–water partition coefficient (Wildman–Crippen LogP) is 3.41. The molecule has 0 aliphatic carbocycles. The number of hydrogen-bond acceptors (Lipinski definition) is 4. The Morgan fingerprint density at radius 1 is 1.17 bits per heavy atom. The highest BCUT2D eigenvalue weighted by molar-refractivity contribution is 5.95. The maximum atomic E-state index is 12.5. The number of anilines is 1. The van der Waals surface area contributed by atoms with E-state index >= 15 is 0 Å². The minimum atomic E-state index is -0.823. The second kappa shape index (κ2) is 8.59. The zero-order chi connectivity index (χ0) is 17.4. The molecule has 124 valence electrons. The Kier molecular flexibility index (Phi) is 6.21. The maximum Gasteiger partial charge on any atom is 0.242 e. The third kappa shape index (κ3) is 4.26. The number of para-hydroxylation sites is 3. The monoisotopic (exact) mass is 324 g/mol. The minimum Gasteiger partial charge on any atom is -0.496 e. The molecule has 5 nitrogen and oxygen atoms in total. The van der Waals surface area contributed by atoms with Crippen molar-refractivity contribution in [1.82, 2.24) is 0 Å². The molecule has 24 heavy (non-hydrogen) atoms. The number of carbonyl (C=O) groups excluding carboxylic acids is 1. The van der Waals surface area contributed by atoms with Crippen LogP contribution >= 0.6 is 0 Å². The van der Waals surface area contributed by atoms with E-state index in [1.807, 2.05) is 37.3 Å². The van der Waals surface area contributed by atoms with Gasteiger partial charge in [-0.2, -0.15) is 5.26 Å². The Bertz CT molecular complexity index is 737. The second-order valence-corrected chi connectivity index (χ2v) is 5.12. The molecule has 2 rings (SSSR count). The van der Waals surface area contributed by atoms with Gasteiger partial charge >= 0.3 is 0 Å². The van der Waals surface area contributed by atoms with Gasteiger partial charge in [-0.3, -0.25) is 4.79 Å². The van der Waals surface area contributed by atoms with Crippen LogP contribution in [0.4, 0.5) is 5.69 Å². The summed E-state index contributed by atoms with van der Waals surface area (Å²) < 4.78 is 10.8. The highest BCUT2D eigenvalue weighted by Gasteiger charge is 2.21. The normalized spacial score (nSPS) is 11.2. The molecular weight excluding hydrogens is 304 g/mol. The van der Waals surface area contributed by atoms with Crippen molar-refractivity contribution < 1.29 is 14.3 Å². The lowest BCUT2D eigenvalue weighted by Crippen LogP contribution is -2.24. The van der Waals surface area contributed by atoms with Crippen molar-refractivity contribution in [2.75, 3.05) is 19.0 Å². The number of ether oxygens (including phenoxy) is 2. The molecule has 0 heterocycles. The highest BCUT2D eigenvalue weighted by Crippen LogP contribution is 2.26. The smallest absolute Gasteiger partial charge is 0.242 e. The van der Waals surface area contributed by atoms with Gasteiger partial charge in [0, 0.05) is 6.42 Å². The molecule has 0 spiro atoms. The van der Waals surface area contributed by atoms with Gasteiger partial charge in [0.2, 0.25) is 5.91 Å². The second-order valence-electron chi connectivity index (χ2n) is 5.12. The van der Waals surface area contributed by atoms with Gasteiger partial charge in [-0.05, 0) is 30.7 Å². The molecule has 0 aliphatic rings. The molecule has 0 fully saturated rings. The van der Waals surface area contributed by atoms with Crippen molar-refractivity contribution in [3.8, 4) is 17.6 Å². The Morgan fingerprint density at radius 2 is 1.83 bits per heavy atom. The summed E-state index contributed by atoms with van der Waals surface area (Å²) in [6.07, 6.45) is 0.281. The molecule has 5 heteroatoms. The van der Waals surface area contributed by atoms with E-state index in [9.17, 15) is 10.1 Å². The molecule has 1 amide bonds. The molecule has 0 unspecified atom stereocenters. The molecule has 2 aromatic rings. The third-order valence-electron chi connectivity index (χ3n) is 3.53. The van der Waals surface area contributed by atoms with Crippen molar-refractivity contribution in [1.29, 1.82) is 5.26 Å². The standard InChI is InChI=1S/C19H20N2O3/c1-3-24-18-11-7-5-9-16(18)21-19(22)15(13-20)12-14-8-4-6-10-17(14)23-2/h4-11,15H,3,12H2,1-2H3,(H,21,22)/t15-/m0/s1. The summed E-state index contributed by atoms with van der Waals surface area (Å²) in [7, 11) is 1.57. The van der Waals surface area contributed by atoms with Crippen molar-refractivity contribution in [3.05, 3.63) is 54.1 Å². The van der Waals surface area contributed by atoms with Gasteiger partial charge in [0.15, 0.2) is 0 Å². The van der Waals surface area contributed by atoms with Crippen LogP contribution in [0, 0.1) is 17.2 Å². The first-order valence-corrected chi connectivity index (χ1v) is 7.73. The van der Waals surface area contributed by atoms with Crippen LogP contribution in [-0.2, 0) is 11.2 Å². The van der Waals surface area contributed by atoms with E-state index in [1.165, 1.54) is 0 Å². The summed E-state index contributed by atoms with van der Waals surface area (Å²) in [6, 6.07) is 16.6. The van der Waals surface area contributed by atoms with Crippen molar-refractivity contribution in [3.63, 3.8) is 0 Å². The number of nitrogens with zero attached hydrogens (tertiary/aromatic N) is 1. The maximum absolute atomic E-state index is 12.5. The Balaban J connectivity index is 2.14. The topological polar surface area (TPSA) is 71.3 Å². The van der Waals surface area contributed by atoms with Crippen molar-refractivity contribution in [2.24, 2.45) is 5.92 Å². The lowest BCUT2D eigenvalue weighted by molar-refractivity contribution is -0.118. The number of amides is 1. The van der Waals surface area contributed by atoms with Crippen LogP contribution in [0.5, 0.6) is 11.5 Å². The van der Waals surface area contributed by atoms with E-state index in [0.29, 0.717) is 23.8 Å². The number of carbonyl (C=O) groups is 1. The van der Waals surface area contributed by atoms with Crippen LogP contribution in [0.25, 0.3) is 0 Å². The Morgan fingerprint density at radius 3 is 2.50 bits per heavy atom. The lowest BCUT2D eigenvalue weighted by atomic mass is 9.99. The molecule has 0 saturated carbocycles. The van der Waals surface area contributed by atoms with E-state index in [4.69, 9.17) is 9.47 Å². The van der Waals surface area contributed by atoms with Gasteiger partial charge in [0.1, 0.15) is 17.4 Å². The predicted molar refractivity (Wildman–Crippen MR) is 92.0 cm³/mol. The largest absolute Gasteiger partial charge is 0.496 e. The molecule has 2 aromatic carbocycles. The zero-order valence-corrected chi connectivity index (χ0v) is 13.8. The summed E-state index contributed by atoms with van der Waals surface area (Å²) in [5.41, 5.74) is 1.38. The lowest BCUT2D eigenvalue weighted by Gasteiger charge is -2.15. The van der Waals surface area contributed by atoms with Gasteiger partial charge in [-0.15, -0.1) is 0 Å². The van der Waals surface area contributed by atoms with Gasteiger partial charge in [0.05, 0.1) is 25.5 Å². The van der Waals surface area contributed by atoms with Crippen molar-refractivity contribution in [2.45, 2.75) is 13.3 Å². The van der Waals surface area contributed by atoms with Crippen LogP contribution < -0.4 is 14.8 Å². The van der Waals surface area contributed by atoms with Gasteiger partial charge < -0.3 is 14.8 Å². The molecule has 0 aromatic heterocycles. The highest BCUT2D eigenvalue weighted by atomic mass is 16.5. The first-order chi connectivity index (χ1) is 11.7. The summed E-state index contributed by atoms with van der Waals surface area (Å²) in [5, 5.41) is 12.2. The number of rotatable bonds is 7. The minimum absolute atomic E-state index is 0.281. The molecule has 0 radical (unpaired) electrons. The van der Waals surface area contributed by atoms with Crippen molar-refractivity contribution >= 4 is 11.6 Å². The van der Waals surface area contributed by atoms with Crippen LogP contribution in [0.2, 0.25) is 0 Å². The zero-order valence-electron chi connectivity index (χ0n) is 13.8. The molecule has 0 aliphatic heterocycles. The summed E-state index contributed by atoms with van der Waals surface area (Å²) in [6.45, 7) is 2.37. The van der Waals surface area contributed by atoms with E-state index < -0.39 is 5.92 Å². The molecule has 1 N–H and O–H groups in total. The van der Waals surface area contributed by atoms with E-state index in [-0.39, 0.29) is 12.3 Å². The van der Waals surface area contributed by atoms with Crippen LogP contribution in [0.15, 0.2) is 48.5 Å². The number of nitriles is 1. The summed E-state index contributed by atoms with van der Waals surface area (Å²) in [5.74, 6) is 0.0640. The number of methoxy groups -OCH3 is 1. The summed E-state index contributed by atoms with van der Waals surface area (Å²) >= 11 is 0. The first-order valence-electron chi connectivity index (χ1n) is 7.73. The number of benzene rings is 2. The van der Waals surface area contributed by atoms with Crippen LogP contribution in [-0.4, -0.2) is 19.6 Å². The van der Waals surface area contributed by atoms with Gasteiger partial charge in [-0.25, -0.2) is 0 Å². The van der Waals surface area contributed by atoms with E-state index in [0.717, 1.165) is 5.56 Å².